The lowest BCUT2D eigenvalue weighted by Crippen LogP contribution is -2.20. The summed E-state index contributed by atoms with van der Waals surface area (Å²) in [5.41, 5.74) is 0. The largest absolute Gasteiger partial charge is 0.481 e. The Morgan fingerprint density at radius 3 is 2.80 bits per heavy atom. The van der Waals surface area contributed by atoms with E-state index >= 15 is 0 Å². The number of hydrogen-bond acceptors (Lipinski definition) is 3. The monoisotopic (exact) mass is 145 g/mol. The van der Waals surface area contributed by atoms with Crippen molar-refractivity contribution in [3.63, 3.8) is 0 Å². The Hall–Kier alpha value is -0.870. The molecule has 3 N–H and O–H groups in total. The van der Waals surface area contributed by atoms with Crippen molar-refractivity contribution < 1.29 is 14.7 Å². The highest BCUT2D eigenvalue weighted by atomic mass is 16.6. The minimum atomic E-state index is -0.912. The minimum absolute atomic E-state index is 0.0291. The van der Waals surface area contributed by atoms with Gasteiger partial charge < -0.3 is 9.94 Å². The number of aliphatic carboxylic acids is 1. The van der Waals surface area contributed by atoms with Gasteiger partial charge in [0.1, 0.15) is 0 Å². The highest BCUT2D eigenvalue weighted by molar-refractivity contribution is 5.70. The van der Waals surface area contributed by atoms with Crippen molar-refractivity contribution >= 4 is 5.97 Å². The number of carboxylic acids is 1. The fourth-order valence-electron chi connectivity index (χ4n) is 0.557. The van der Waals surface area contributed by atoms with Crippen molar-refractivity contribution in [1.29, 1.82) is 0 Å². The van der Waals surface area contributed by atoms with Gasteiger partial charge in [0, 0.05) is 0 Å². The zero-order chi connectivity index (χ0) is 7.98. The maximum Gasteiger partial charge on any atom is 0.309 e. The Morgan fingerprint density at radius 1 is 1.90 bits per heavy atom. The topological polar surface area (TPSA) is 72.5 Å². The van der Waals surface area contributed by atoms with Gasteiger partial charge in [-0.1, -0.05) is 6.08 Å². The molecule has 1 unspecified atom stereocenters. The Balaban J connectivity index is 3.71. The van der Waals surface area contributed by atoms with Gasteiger partial charge in [0.15, 0.2) is 0 Å². The minimum Gasteiger partial charge on any atom is -0.481 e. The number of rotatable bonds is 5. The molecule has 0 amide bonds. The van der Waals surface area contributed by atoms with Gasteiger partial charge in [-0.15, -0.1) is 6.58 Å². The molecule has 0 fully saturated rings. The molecule has 1 atom stereocenters. The SMILES string of the molecule is C=CCC(CON)C(=O)O. The zero-order valence-corrected chi connectivity index (χ0v) is 5.62. The lowest BCUT2D eigenvalue weighted by atomic mass is 10.1. The summed E-state index contributed by atoms with van der Waals surface area (Å²) in [6.07, 6.45) is 1.91. The van der Waals surface area contributed by atoms with Crippen molar-refractivity contribution in [3.8, 4) is 0 Å². The fraction of sp³-hybridized carbons (Fsp3) is 0.500. The van der Waals surface area contributed by atoms with E-state index in [2.05, 4.69) is 11.4 Å². The lowest BCUT2D eigenvalue weighted by Gasteiger charge is -2.05. The summed E-state index contributed by atoms with van der Waals surface area (Å²) in [7, 11) is 0. The molecule has 0 aliphatic rings. The number of nitrogens with two attached hydrogens (primary N) is 1. The molecule has 0 saturated carbocycles. The van der Waals surface area contributed by atoms with Gasteiger partial charge in [0.25, 0.3) is 0 Å². The first-order valence-electron chi connectivity index (χ1n) is 2.87. The molecule has 0 bridgehead atoms. The van der Waals surface area contributed by atoms with E-state index in [0.717, 1.165) is 0 Å². The first-order valence-corrected chi connectivity index (χ1v) is 2.87. The molecule has 0 aromatic rings. The highest BCUT2D eigenvalue weighted by Crippen LogP contribution is 2.02. The van der Waals surface area contributed by atoms with E-state index in [1.165, 1.54) is 6.08 Å². The van der Waals surface area contributed by atoms with Crippen LogP contribution in [0.2, 0.25) is 0 Å². The van der Waals surface area contributed by atoms with Crippen LogP contribution in [0.4, 0.5) is 0 Å². The summed E-state index contributed by atoms with van der Waals surface area (Å²) in [5, 5.41) is 8.45. The van der Waals surface area contributed by atoms with Gasteiger partial charge in [-0.3, -0.25) is 4.79 Å². The maximum absolute atomic E-state index is 10.3. The number of carbonyl (C=O) groups is 1. The Bertz CT molecular complexity index is 124. The van der Waals surface area contributed by atoms with Crippen LogP contribution in [0.3, 0.4) is 0 Å². The lowest BCUT2D eigenvalue weighted by molar-refractivity contribution is -0.143. The van der Waals surface area contributed by atoms with Gasteiger partial charge in [0.2, 0.25) is 0 Å². The van der Waals surface area contributed by atoms with Gasteiger partial charge in [-0.25, -0.2) is 5.90 Å². The smallest absolute Gasteiger partial charge is 0.309 e. The summed E-state index contributed by atoms with van der Waals surface area (Å²) >= 11 is 0. The van der Waals surface area contributed by atoms with Crippen molar-refractivity contribution in [1.82, 2.24) is 0 Å². The zero-order valence-electron chi connectivity index (χ0n) is 5.62. The molecule has 4 nitrogen and oxygen atoms in total. The van der Waals surface area contributed by atoms with Crippen molar-refractivity contribution in [3.05, 3.63) is 12.7 Å². The third kappa shape index (κ3) is 3.21. The summed E-state index contributed by atoms with van der Waals surface area (Å²) in [6.45, 7) is 3.43. The van der Waals surface area contributed by atoms with E-state index in [4.69, 9.17) is 11.0 Å². The molecule has 0 saturated heterocycles. The highest BCUT2D eigenvalue weighted by Gasteiger charge is 2.14. The number of hydrogen-bond donors (Lipinski definition) is 2. The van der Waals surface area contributed by atoms with Crippen LogP contribution in [0, 0.1) is 5.92 Å². The van der Waals surface area contributed by atoms with E-state index in [9.17, 15) is 4.79 Å². The van der Waals surface area contributed by atoms with Crippen LogP contribution in [-0.4, -0.2) is 17.7 Å². The van der Waals surface area contributed by atoms with Gasteiger partial charge in [-0.2, -0.15) is 0 Å². The second-order valence-corrected chi connectivity index (χ2v) is 1.89. The molecule has 0 aromatic carbocycles. The molecule has 4 heteroatoms. The van der Waals surface area contributed by atoms with Crippen molar-refractivity contribution in [2.24, 2.45) is 11.8 Å². The summed E-state index contributed by atoms with van der Waals surface area (Å²) < 4.78 is 0. The normalized spacial score (nSPS) is 12.5. The van der Waals surface area contributed by atoms with Crippen molar-refractivity contribution in [2.45, 2.75) is 6.42 Å². The van der Waals surface area contributed by atoms with E-state index < -0.39 is 11.9 Å². The first kappa shape index (κ1) is 9.13. The van der Waals surface area contributed by atoms with Crippen LogP contribution in [0.15, 0.2) is 12.7 Å². The molecule has 0 aliphatic heterocycles. The first-order chi connectivity index (χ1) is 4.72. The molecule has 0 heterocycles. The summed E-state index contributed by atoms with van der Waals surface area (Å²) in [5.74, 6) is 3.22. The molecular formula is C6H11NO3. The van der Waals surface area contributed by atoms with Crippen molar-refractivity contribution in [2.75, 3.05) is 6.61 Å². The third-order valence-corrected chi connectivity index (χ3v) is 1.10. The second-order valence-electron chi connectivity index (χ2n) is 1.89. The molecule has 0 aromatic heterocycles. The number of allylic oxidation sites excluding steroid dienone is 1. The molecule has 10 heavy (non-hydrogen) atoms. The molecule has 0 radical (unpaired) electrons. The molecule has 0 rings (SSSR count). The standard InChI is InChI=1S/C6H11NO3/c1-2-3-5(4-10-7)6(8)9/h2,5H,1,3-4,7H2,(H,8,9). The predicted octanol–water partition coefficient (Wildman–Crippen LogP) is 0.154. The number of carboxylic acid groups (broad SMARTS) is 1. The predicted molar refractivity (Wildman–Crippen MR) is 36.1 cm³/mol. The second kappa shape index (κ2) is 4.96. The van der Waals surface area contributed by atoms with Gasteiger partial charge in [-0.05, 0) is 6.42 Å². The Kier molecular flexibility index (Phi) is 4.53. The average Bonchev–Trinajstić information content (AvgIpc) is 1.87. The molecule has 0 spiro atoms. The van der Waals surface area contributed by atoms with E-state index in [-0.39, 0.29) is 6.61 Å². The summed E-state index contributed by atoms with van der Waals surface area (Å²) in [4.78, 5) is 14.5. The quantitative estimate of drug-likeness (QED) is 0.426. The van der Waals surface area contributed by atoms with Crippen LogP contribution in [-0.2, 0) is 9.63 Å². The van der Waals surface area contributed by atoms with E-state index in [0.29, 0.717) is 6.42 Å². The molecular weight excluding hydrogens is 134 g/mol. The van der Waals surface area contributed by atoms with Gasteiger partial charge in [0.05, 0.1) is 12.5 Å². The average molecular weight is 145 g/mol. The van der Waals surface area contributed by atoms with Crippen LogP contribution >= 0.6 is 0 Å². The van der Waals surface area contributed by atoms with Crippen LogP contribution in [0.25, 0.3) is 0 Å². The fourth-order valence-corrected chi connectivity index (χ4v) is 0.557. The van der Waals surface area contributed by atoms with Crippen LogP contribution in [0.5, 0.6) is 0 Å². The summed E-state index contributed by atoms with van der Waals surface area (Å²) in [6, 6.07) is 0. The van der Waals surface area contributed by atoms with E-state index in [1.807, 2.05) is 0 Å². The Morgan fingerprint density at radius 2 is 2.50 bits per heavy atom. The third-order valence-electron chi connectivity index (χ3n) is 1.10. The molecule has 58 valence electrons. The Labute approximate surface area is 59.2 Å². The van der Waals surface area contributed by atoms with E-state index in [1.54, 1.807) is 0 Å². The van der Waals surface area contributed by atoms with Crippen LogP contribution in [0.1, 0.15) is 6.42 Å². The van der Waals surface area contributed by atoms with Crippen LogP contribution < -0.4 is 5.90 Å². The molecule has 0 aliphatic carbocycles. The van der Waals surface area contributed by atoms with Gasteiger partial charge >= 0.3 is 5.97 Å². The maximum atomic E-state index is 10.3.